The molecule has 0 atom stereocenters. The molecule has 0 aliphatic carbocycles. The van der Waals surface area contributed by atoms with Crippen molar-refractivity contribution in [3.63, 3.8) is 0 Å². The number of aryl methyl sites for hydroxylation is 1. The van der Waals surface area contributed by atoms with E-state index in [9.17, 15) is 9.90 Å². The summed E-state index contributed by atoms with van der Waals surface area (Å²) in [6.45, 7) is 24.5. The minimum atomic E-state index is -1.49. The third-order valence-electron chi connectivity index (χ3n) is 9.44. The summed E-state index contributed by atoms with van der Waals surface area (Å²) in [6, 6.07) is 21.4. The van der Waals surface area contributed by atoms with Gasteiger partial charge < -0.3 is 5.11 Å². The summed E-state index contributed by atoms with van der Waals surface area (Å²) in [7, 11) is -1.49. The van der Waals surface area contributed by atoms with E-state index in [1.54, 1.807) is 5.19 Å². The minimum absolute atomic E-state index is 0. The smallest absolute Gasteiger partial charge is 0.162 e. The van der Waals surface area contributed by atoms with Crippen LogP contribution in [0.1, 0.15) is 85.3 Å². The molecule has 0 saturated carbocycles. The molecule has 1 N–H and O–H groups in total. The Labute approximate surface area is 307 Å². The fourth-order valence-electron chi connectivity index (χ4n) is 6.75. The first-order valence-electron chi connectivity index (χ1n) is 17.4. The number of carbonyl (C=O) groups is 1. The van der Waals surface area contributed by atoms with E-state index in [1.165, 1.54) is 42.8 Å². The molecule has 3 nitrogen and oxygen atoms in total. The molecule has 3 aromatic carbocycles. The fraction of sp³-hybridized carbons (Fsp3) is 0.429. The molecule has 1 radical (unpaired) electrons. The molecule has 0 saturated heterocycles. The molecule has 0 spiro atoms. The van der Waals surface area contributed by atoms with Crippen molar-refractivity contribution in [1.82, 2.24) is 4.98 Å². The van der Waals surface area contributed by atoms with E-state index in [-0.39, 0.29) is 48.9 Å². The number of ketones is 1. The van der Waals surface area contributed by atoms with Crippen LogP contribution in [-0.2, 0) is 30.3 Å². The number of pyridine rings is 1. The Balaban J connectivity index is 0.000000334. The molecular weight excluding hydrogens is 803 g/mol. The molecule has 0 aliphatic heterocycles. The summed E-state index contributed by atoms with van der Waals surface area (Å²) in [4.78, 5) is 16.6. The average molecular weight is 857 g/mol. The number of benzene rings is 3. The first-order chi connectivity index (χ1) is 22.2. The van der Waals surface area contributed by atoms with Crippen LogP contribution in [0.15, 0.2) is 66.6 Å². The van der Waals surface area contributed by atoms with Crippen molar-refractivity contribution in [2.24, 2.45) is 11.8 Å². The van der Waals surface area contributed by atoms with Gasteiger partial charge in [-0.25, -0.2) is 0 Å². The fourth-order valence-corrected chi connectivity index (χ4v) is 11.2. The molecule has 0 bridgehead atoms. The summed E-state index contributed by atoms with van der Waals surface area (Å²) in [5.41, 5.74) is 4.96. The van der Waals surface area contributed by atoms with E-state index in [0.717, 1.165) is 42.3 Å². The van der Waals surface area contributed by atoms with Gasteiger partial charge in [-0.2, -0.15) is 0 Å². The number of aliphatic hydroxyl groups is 1. The number of hydrogen-bond acceptors (Lipinski definition) is 4. The van der Waals surface area contributed by atoms with Gasteiger partial charge in [0.05, 0.1) is 13.8 Å². The number of carbonyl (C=O) groups excluding carboxylic acids is 1. The van der Waals surface area contributed by atoms with E-state index in [4.69, 9.17) is 4.98 Å². The monoisotopic (exact) mass is 857 g/mol. The second-order valence-electron chi connectivity index (χ2n) is 14.9. The van der Waals surface area contributed by atoms with Crippen LogP contribution >= 0.6 is 11.3 Å². The standard InChI is InChI=1S/C29H30NSSi.C13H24O2.Ir/c1-18-12-13-22-23-14-15-30-25(26(23)31-27(22)28(18)32(5,6)7)20-16-19-10-8-9-11-21(19)24(17-20)29(2,3)4;1-5-10(6-2)12(14)9-13(15)11(7-3)8-4;/h8-15,17H,1-7H3;9-11,14H,5-8H2,1-4H3;/q-1;;/b;12-9-;. The largest absolute Gasteiger partial charge is 0.512 e. The van der Waals surface area contributed by atoms with E-state index in [2.05, 4.69) is 102 Å². The Morgan fingerprint density at radius 3 is 2.08 bits per heavy atom. The molecule has 2 aromatic heterocycles. The summed E-state index contributed by atoms with van der Waals surface area (Å²) < 4.78 is 2.73. The quantitative estimate of drug-likeness (QED) is 0.0695. The van der Waals surface area contributed by atoms with Gasteiger partial charge in [0.15, 0.2) is 5.78 Å². The molecule has 48 heavy (non-hydrogen) atoms. The van der Waals surface area contributed by atoms with Crippen molar-refractivity contribution < 1.29 is 30.0 Å². The number of aliphatic hydroxyl groups excluding tert-OH is 1. The van der Waals surface area contributed by atoms with Crippen molar-refractivity contribution in [1.29, 1.82) is 0 Å². The van der Waals surface area contributed by atoms with Crippen LogP contribution in [0.5, 0.6) is 0 Å². The van der Waals surface area contributed by atoms with Crippen LogP contribution in [0.25, 0.3) is 42.2 Å². The molecule has 0 fully saturated rings. The van der Waals surface area contributed by atoms with Crippen LogP contribution in [0.3, 0.4) is 0 Å². The van der Waals surface area contributed by atoms with Gasteiger partial charge in [-0.15, -0.1) is 40.5 Å². The first-order valence-corrected chi connectivity index (χ1v) is 21.7. The maximum Gasteiger partial charge on any atom is 0.162 e. The summed E-state index contributed by atoms with van der Waals surface area (Å²) in [5.74, 6) is 0.547. The first kappa shape index (κ1) is 39.8. The number of rotatable bonds is 9. The normalized spacial score (nSPS) is 12.5. The molecule has 6 heteroatoms. The molecule has 2 heterocycles. The predicted octanol–water partition coefficient (Wildman–Crippen LogP) is 12.1. The van der Waals surface area contributed by atoms with Crippen LogP contribution in [-0.4, -0.2) is 23.9 Å². The Kier molecular flexibility index (Phi) is 13.6. The van der Waals surface area contributed by atoms with Crippen molar-refractivity contribution >= 4 is 61.3 Å². The van der Waals surface area contributed by atoms with Crippen LogP contribution in [0.4, 0.5) is 0 Å². The van der Waals surface area contributed by atoms with E-state index < -0.39 is 8.07 Å². The van der Waals surface area contributed by atoms with Crippen molar-refractivity contribution in [2.45, 2.75) is 106 Å². The van der Waals surface area contributed by atoms with Crippen LogP contribution in [0.2, 0.25) is 19.6 Å². The Hall–Kier alpha value is -2.63. The Bertz CT molecular complexity index is 1900. The van der Waals surface area contributed by atoms with Gasteiger partial charge in [0.25, 0.3) is 0 Å². The molecule has 259 valence electrons. The zero-order valence-corrected chi connectivity index (χ0v) is 35.0. The van der Waals surface area contributed by atoms with Gasteiger partial charge in [-0.3, -0.25) is 9.78 Å². The second kappa shape index (κ2) is 16.4. The average Bonchev–Trinajstić information content (AvgIpc) is 3.39. The summed E-state index contributed by atoms with van der Waals surface area (Å²) in [5, 5.41) is 16.5. The van der Waals surface area contributed by atoms with E-state index in [0.29, 0.717) is 0 Å². The Morgan fingerprint density at radius 1 is 0.896 bits per heavy atom. The zero-order valence-electron chi connectivity index (χ0n) is 30.8. The van der Waals surface area contributed by atoms with E-state index >= 15 is 0 Å². The number of thiophene rings is 1. The third kappa shape index (κ3) is 8.56. The third-order valence-corrected chi connectivity index (χ3v) is 13.0. The van der Waals surface area contributed by atoms with Gasteiger partial charge in [-0.1, -0.05) is 115 Å². The second-order valence-corrected chi connectivity index (χ2v) is 20.9. The van der Waals surface area contributed by atoms with Crippen molar-refractivity contribution in [3.05, 3.63) is 83.8 Å². The van der Waals surface area contributed by atoms with E-state index in [1.807, 2.05) is 45.2 Å². The van der Waals surface area contributed by atoms with Crippen LogP contribution < -0.4 is 5.19 Å². The number of hydrogen-bond donors (Lipinski definition) is 1. The van der Waals surface area contributed by atoms with Gasteiger partial charge in [-0.05, 0) is 60.0 Å². The van der Waals surface area contributed by atoms with Crippen molar-refractivity contribution in [2.75, 3.05) is 0 Å². The Morgan fingerprint density at radius 2 is 1.50 bits per heavy atom. The molecular formula is C42H54IrNO2SSi-. The van der Waals surface area contributed by atoms with Gasteiger partial charge in [0.2, 0.25) is 0 Å². The maximum atomic E-state index is 11.7. The van der Waals surface area contributed by atoms with Crippen molar-refractivity contribution in [3.8, 4) is 11.3 Å². The van der Waals surface area contributed by atoms with Crippen LogP contribution in [0, 0.1) is 24.8 Å². The number of nitrogens with zero attached hydrogens (tertiary/aromatic N) is 1. The molecule has 0 aliphatic rings. The molecule has 5 rings (SSSR count). The molecule has 0 amide bonds. The summed E-state index contributed by atoms with van der Waals surface area (Å²) in [6.07, 6.45) is 6.88. The molecule has 5 aromatic rings. The van der Waals surface area contributed by atoms with Gasteiger partial charge >= 0.3 is 0 Å². The minimum Gasteiger partial charge on any atom is -0.512 e. The summed E-state index contributed by atoms with van der Waals surface area (Å²) >= 11 is 1.92. The number of fused-ring (bicyclic) bond motifs is 4. The zero-order chi connectivity index (χ0) is 34.7. The van der Waals surface area contributed by atoms with Gasteiger partial charge in [0.1, 0.15) is 0 Å². The number of allylic oxidation sites excluding steroid dienone is 2. The number of aromatic nitrogens is 1. The SMILES string of the molecule is CCC(CC)C(=O)/C=C(\O)C(CC)CC.Cc1ccc2c(sc3c(-c4[c-]c5ccccc5c(C(C)(C)C)c4)nccc32)c1[Si](C)(C)C.[Ir]. The molecule has 0 unspecified atom stereocenters. The van der Waals surface area contributed by atoms with Gasteiger partial charge in [0, 0.05) is 59.3 Å². The predicted molar refractivity (Wildman–Crippen MR) is 209 cm³/mol. The maximum absolute atomic E-state index is 11.7. The topological polar surface area (TPSA) is 50.2 Å².